The van der Waals surface area contributed by atoms with Crippen molar-refractivity contribution >= 4 is 0 Å². The van der Waals surface area contributed by atoms with Crippen LogP contribution in [-0.4, -0.2) is 25.9 Å². The van der Waals surface area contributed by atoms with E-state index in [1.807, 2.05) is 0 Å². The third-order valence-corrected chi connectivity index (χ3v) is 3.11. The second kappa shape index (κ2) is 6.12. The summed E-state index contributed by atoms with van der Waals surface area (Å²) in [6.07, 6.45) is 1.01. The molecular formula is C13H20N2O2. The minimum atomic E-state index is -0.0131. The third kappa shape index (κ3) is 3.04. The van der Waals surface area contributed by atoms with Gasteiger partial charge in [-0.3, -0.25) is 11.3 Å². The Morgan fingerprint density at radius 1 is 1.47 bits per heavy atom. The van der Waals surface area contributed by atoms with E-state index in [0.717, 1.165) is 12.0 Å². The molecule has 0 aliphatic carbocycles. The molecule has 1 aliphatic heterocycles. The number of rotatable bonds is 4. The van der Waals surface area contributed by atoms with Crippen molar-refractivity contribution in [3.63, 3.8) is 0 Å². The number of hydrogen-bond acceptors (Lipinski definition) is 4. The van der Waals surface area contributed by atoms with Crippen LogP contribution in [0.5, 0.6) is 0 Å². The van der Waals surface area contributed by atoms with E-state index >= 15 is 0 Å². The lowest BCUT2D eigenvalue weighted by Gasteiger charge is -2.30. The molecule has 3 N–H and O–H groups in total. The van der Waals surface area contributed by atoms with E-state index in [1.165, 1.54) is 5.56 Å². The Hall–Kier alpha value is -0.940. The molecular weight excluding hydrogens is 216 g/mol. The minimum absolute atomic E-state index is 0.0122. The summed E-state index contributed by atoms with van der Waals surface area (Å²) in [6.45, 7) is 4.04. The molecule has 2 atom stereocenters. The van der Waals surface area contributed by atoms with Gasteiger partial charge in [-0.1, -0.05) is 31.2 Å². The zero-order valence-electron chi connectivity index (χ0n) is 10.2. The maximum Gasteiger partial charge on any atom is 0.102 e. The van der Waals surface area contributed by atoms with Crippen molar-refractivity contribution in [3.8, 4) is 0 Å². The first-order valence-electron chi connectivity index (χ1n) is 6.09. The van der Waals surface area contributed by atoms with Gasteiger partial charge in [0.2, 0.25) is 0 Å². The zero-order chi connectivity index (χ0) is 12.1. The summed E-state index contributed by atoms with van der Waals surface area (Å²) in [6, 6.07) is 8.41. The molecule has 2 rings (SSSR count). The Morgan fingerprint density at radius 2 is 2.35 bits per heavy atom. The number of nitrogens with two attached hydrogens (primary N) is 1. The van der Waals surface area contributed by atoms with E-state index in [9.17, 15) is 0 Å². The van der Waals surface area contributed by atoms with Crippen molar-refractivity contribution in [1.29, 1.82) is 0 Å². The van der Waals surface area contributed by atoms with Crippen molar-refractivity contribution in [2.45, 2.75) is 25.5 Å². The highest BCUT2D eigenvalue weighted by Gasteiger charge is 2.25. The summed E-state index contributed by atoms with van der Waals surface area (Å²) < 4.78 is 11.1. The molecule has 0 radical (unpaired) electrons. The zero-order valence-corrected chi connectivity index (χ0v) is 10.2. The number of hydrogen-bond donors (Lipinski definition) is 2. The highest BCUT2D eigenvalue weighted by molar-refractivity contribution is 5.27. The number of nitrogens with one attached hydrogen (secondary N) is 1. The van der Waals surface area contributed by atoms with Gasteiger partial charge >= 0.3 is 0 Å². The molecule has 94 valence electrons. The Balaban J connectivity index is 2.15. The van der Waals surface area contributed by atoms with Gasteiger partial charge in [0.15, 0.2) is 0 Å². The maximum absolute atomic E-state index is 5.69. The molecule has 1 saturated heterocycles. The van der Waals surface area contributed by atoms with Gasteiger partial charge < -0.3 is 9.47 Å². The third-order valence-electron chi connectivity index (χ3n) is 3.11. The normalized spacial score (nSPS) is 22.4. The van der Waals surface area contributed by atoms with Crippen LogP contribution in [-0.2, 0) is 15.9 Å². The average Bonchev–Trinajstić information content (AvgIpc) is 2.41. The average molecular weight is 236 g/mol. The molecule has 0 aromatic heterocycles. The molecule has 0 bridgehead atoms. The Labute approximate surface area is 102 Å². The first-order chi connectivity index (χ1) is 8.35. The summed E-state index contributed by atoms with van der Waals surface area (Å²) in [5.41, 5.74) is 5.29. The van der Waals surface area contributed by atoms with Gasteiger partial charge in [-0.05, 0) is 17.5 Å². The molecule has 0 spiro atoms. The number of benzene rings is 1. The number of ether oxygens (including phenoxy) is 2. The van der Waals surface area contributed by atoms with Crippen LogP contribution in [0, 0.1) is 0 Å². The van der Waals surface area contributed by atoms with Crippen LogP contribution >= 0.6 is 0 Å². The van der Waals surface area contributed by atoms with E-state index in [-0.39, 0.29) is 12.1 Å². The quantitative estimate of drug-likeness (QED) is 0.608. The van der Waals surface area contributed by atoms with Crippen molar-refractivity contribution in [2.24, 2.45) is 5.84 Å². The Morgan fingerprint density at radius 3 is 3.00 bits per heavy atom. The van der Waals surface area contributed by atoms with Crippen LogP contribution in [0.3, 0.4) is 0 Å². The van der Waals surface area contributed by atoms with Gasteiger partial charge in [-0.25, -0.2) is 0 Å². The molecule has 0 saturated carbocycles. The fraction of sp³-hybridized carbons (Fsp3) is 0.538. The molecule has 4 nitrogen and oxygen atoms in total. The van der Waals surface area contributed by atoms with Crippen LogP contribution in [0.4, 0.5) is 0 Å². The summed E-state index contributed by atoms with van der Waals surface area (Å²) in [7, 11) is 0. The second-order valence-electron chi connectivity index (χ2n) is 4.23. The fourth-order valence-electron chi connectivity index (χ4n) is 2.12. The van der Waals surface area contributed by atoms with E-state index in [1.54, 1.807) is 0 Å². The number of aryl methyl sites for hydroxylation is 1. The predicted octanol–water partition coefficient (Wildman–Crippen LogP) is 1.17. The van der Waals surface area contributed by atoms with Gasteiger partial charge in [0, 0.05) is 0 Å². The number of hydrazine groups is 1. The minimum Gasteiger partial charge on any atom is -0.376 e. The van der Waals surface area contributed by atoms with Crippen LogP contribution in [0.15, 0.2) is 24.3 Å². The lowest BCUT2D eigenvalue weighted by atomic mass is 9.99. The summed E-state index contributed by atoms with van der Waals surface area (Å²) in [5, 5.41) is 0. The topological polar surface area (TPSA) is 56.5 Å². The predicted molar refractivity (Wildman–Crippen MR) is 66.4 cm³/mol. The van der Waals surface area contributed by atoms with Gasteiger partial charge in [0.05, 0.1) is 25.9 Å². The first kappa shape index (κ1) is 12.5. The van der Waals surface area contributed by atoms with E-state index in [4.69, 9.17) is 15.3 Å². The van der Waals surface area contributed by atoms with Crippen molar-refractivity contribution in [1.82, 2.24) is 5.43 Å². The molecule has 0 amide bonds. The smallest absolute Gasteiger partial charge is 0.102 e. The van der Waals surface area contributed by atoms with Gasteiger partial charge in [0.1, 0.15) is 6.10 Å². The van der Waals surface area contributed by atoms with Gasteiger partial charge in [-0.15, -0.1) is 0 Å². The Kier molecular flexibility index (Phi) is 4.50. The summed E-state index contributed by atoms with van der Waals surface area (Å²) >= 11 is 0. The lowest BCUT2D eigenvalue weighted by molar-refractivity contribution is -0.102. The monoisotopic (exact) mass is 236 g/mol. The second-order valence-corrected chi connectivity index (χ2v) is 4.23. The highest BCUT2D eigenvalue weighted by Crippen LogP contribution is 2.22. The highest BCUT2D eigenvalue weighted by atomic mass is 16.6. The standard InChI is InChI=1S/C13H20N2O2/c1-2-10-4-3-5-11(8-10)13(15-14)12-9-16-6-7-17-12/h3-5,8,12-13,15H,2,6-7,9,14H2,1H3. The molecule has 4 heteroatoms. The molecule has 1 aromatic carbocycles. The molecule has 1 fully saturated rings. The van der Waals surface area contributed by atoms with Crippen LogP contribution in [0.1, 0.15) is 24.1 Å². The van der Waals surface area contributed by atoms with Crippen molar-refractivity contribution in [3.05, 3.63) is 35.4 Å². The molecule has 1 aromatic rings. The van der Waals surface area contributed by atoms with Gasteiger partial charge in [-0.2, -0.15) is 0 Å². The summed E-state index contributed by atoms with van der Waals surface area (Å²) in [4.78, 5) is 0. The van der Waals surface area contributed by atoms with E-state index < -0.39 is 0 Å². The molecule has 1 aliphatic rings. The van der Waals surface area contributed by atoms with Crippen molar-refractivity contribution in [2.75, 3.05) is 19.8 Å². The van der Waals surface area contributed by atoms with Crippen molar-refractivity contribution < 1.29 is 9.47 Å². The first-order valence-corrected chi connectivity index (χ1v) is 6.09. The molecule has 17 heavy (non-hydrogen) atoms. The van der Waals surface area contributed by atoms with Crippen LogP contribution in [0.25, 0.3) is 0 Å². The van der Waals surface area contributed by atoms with E-state index in [2.05, 4.69) is 36.6 Å². The SMILES string of the molecule is CCc1cccc(C(NN)C2COCCO2)c1. The largest absolute Gasteiger partial charge is 0.376 e. The fourth-order valence-corrected chi connectivity index (χ4v) is 2.12. The Bertz CT molecular complexity index is 351. The maximum atomic E-state index is 5.69. The van der Waals surface area contributed by atoms with Gasteiger partial charge in [0.25, 0.3) is 0 Å². The van der Waals surface area contributed by atoms with E-state index in [0.29, 0.717) is 19.8 Å². The van der Waals surface area contributed by atoms with Crippen LogP contribution in [0.2, 0.25) is 0 Å². The summed E-state index contributed by atoms with van der Waals surface area (Å²) in [5.74, 6) is 5.64. The molecule has 1 heterocycles. The lowest BCUT2D eigenvalue weighted by Crippen LogP contribution is -2.43. The van der Waals surface area contributed by atoms with Crippen LogP contribution < -0.4 is 11.3 Å². The molecule has 2 unspecified atom stereocenters.